The number of esters is 1. The van der Waals surface area contributed by atoms with E-state index in [1.807, 2.05) is 49.2 Å². The molecule has 5 heteroatoms. The molecule has 8 atom stereocenters. The van der Waals surface area contributed by atoms with Crippen LogP contribution in [0.3, 0.4) is 0 Å². The molecule has 1 aliphatic heterocycles. The molecule has 1 heterocycles. The molecule has 2 aliphatic carbocycles. The van der Waals surface area contributed by atoms with Crippen LogP contribution < -0.4 is 0 Å². The minimum atomic E-state index is -0.647. The standard InChI is InChI=1S/C25H35NO4/c1-15-9-8-12-18-13-20-21(23(28)25(15,18)3)19(24(29)30-20)14-26(4)16(2)22(27)17-10-6-5-7-11-17/h5-7,10-12,15-16,19-23,27-28H,8-9,13-14H2,1-4H3/t15-,16+,19+,20-,21+,22-,23+,25-/m1/s1. The molecule has 1 aromatic rings. The van der Waals surface area contributed by atoms with Crippen molar-refractivity contribution in [3.05, 3.63) is 47.5 Å². The molecular weight excluding hydrogens is 378 g/mol. The summed E-state index contributed by atoms with van der Waals surface area (Å²) in [6, 6.07) is 9.43. The summed E-state index contributed by atoms with van der Waals surface area (Å²) in [6.07, 6.45) is 3.59. The Morgan fingerprint density at radius 3 is 2.70 bits per heavy atom. The van der Waals surface area contributed by atoms with Gasteiger partial charge in [0.1, 0.15) is 6.10 Å². The van der Waals surface area contributed by atoms with Crippen LogP contribution in [0.15, 0.2) is 42.0 Å². The van der Waals surface area contributed by atoms with Gasteiger partial charge in [-0.2, -0.15) is 0 Å². The van der Waals surface area contributed by atoms with Crippen molar-refractivity contribution >= 4 is 5.97 Å². The molecule has 0 amide bonds. The average molecular weight is 414 g/mol. The third kappa shape index (κ3) is 3.41. The first-order chi connectivity index (χ1) is 14.2. The molecular formula is C25H35NO4. The number of aliphatic hydroxyl groups excluding tert-OH is 2. The second-order valence-corrected chi connectivity index (χ2v) is 9.83. The second-order valence-electron chi connectivity index (χ2n) is 9.83. The number of benzene rings is 1. The van der Waals surface area contributed by atoms with Crippen LogP contribution in [0.1, 0.15) is 51.7 Å². The Morgan fingerprint density at radius 2 is 2.00 bits per heavy atom. The molecule has 164 valence electrons. The quantitative estimate of drug-likeness (QED) is 0.572. The number of carbonyl (C=O) groups excluding carboxylic acids is 1. The molecule has 0 spiro atoms. The monoisotopic (exact) mass is 413 g/mol. The van der Waals surface area contributed by atoms with E-state index in [9.17, 15) is 15.0 Å². The number of ether oxygens (including phenoxy) is 1. The zero-order valence-electron chi connectivity index (χ0n) is 18.5. The van der Waals surface area contributed by atoms with Gasteiger partial charge in [-0.25, -0.2) is 0 Å². The predicted octanol–water partition coefficient (Wildman–Crippen LogP) is 3.33. The molecule has 0 radical (unpaired) electrons. The van der Waals surface area contributed by atoms with Crippen molar-refractivity contribution in [2.75, 3.05) is 13.6 Å². The van der Waals surface area contributed by atoms with E-state index in [1.54, 1.807) is 0 Å². The Kier molecular flexibility index (Phi) is 5.82. The Labute approximate surface area is 179 Å². The number of allylic oxidation sites excluding steroid dienone is 1. The Hall–Kier alpha value is -1.69. The van der Waals surface area contributed by atoms with Crippen LogP contribution in [0.5, 0.6) is 0 Å². The van der Waals surface area contributed by atoms with Crippen LogP contribution in [-0.2, 0) is 9.53 Å². The summed E-state index contributed by atoms with van der Waals surface area (Å²) in [6.45, 7) is 6.81. The molecule has 0 bridgehead atoms. The molecule has 1 saturated carbocycles. The van der Waals surface area contributed by atoms with E-state index in [1.165, 1.54) is 5.57 Å². The van der Waals surface area contributed by atoms with E-state index < -0.39 is 12.2 Å². The molecule has 4 rings (SSSR count). The average Bonchev–Trinajstić information content (AvgIpc) is 3.05. The van der Waals surface area contributed by atoms with Crippen LogP contribution in [0.25, 0.3) is 0 Å². The summed E-state index contributed by atoms with van der Waals surface area (Å²) >= 11 is 0. The lowest BCUT2D eigenvalue weighted by Gasteiger charge is -2.52. The minimum absolute atomic E-state index is 0.167. The predicted molar refractivity (Wildman–Crippen MR) is 116 cm³/mol. The van der Waals surface area contributed by atoms with Gasteiger partial charge in [0.25, 0.3) is 0 Å². The maximum Gasteiger partial charge on any atom is 0.311 e. The van der Waals surface area contributed by atoms with Crippen LogP contribution >= 0.6 is 0 Å². The number of aliphatic hydroxyl groups is 2. The summed E-state index contributed by atoms with van der Waals surface area (Å²) in [5.41, 5.74) is 1.82. The third-order valence-electron chi connectivity index (χ3n) is 8.35. The van der Waals surface area contributed by atoms with Crippen molar-refractivity contribution in [3.8, 4) is 0 Å². The zero-order chi connectivity index (χ0) is 21.6. The zero-order valence-corrected chi connectivity index (χ0v) is 18.5. The van der Waals surface area contributed by atoms with Crippen molar-refractivity contribution in [3.63, 3.8) is 0 Å². The van der Waals surface area contributed by atoms with Crippen molar-refractivity contribution in [1.29, 1.82) is 0 Å². The normalized spacial score (nSPS) is 37.8. The van der Waals surface area contributed by atoms with E-state index in [4.69, 9.17) is 4.74 Å². The maximum atomic E-state index is 12.8. The van der Waals surface area contributed by atoms with Crippen LogP contribution in [0.4, 0.5) is 0 Å². The first-order valence-corrected chi connectivity index (χ1v) is 11.3. The van der Waals surface area contributed by atoms with Gasteiger partial charge in [-0.3, -0.25) is 9.69 Å². The highest BCUT2D eigenvalue weighted by molar-refractivity contribution is 5.76. The van der Waals surface area contributed by atoms with E-state index in [-0.39, 0.29) is 35.4 Å². The number of likely N-dealkylation sites (N-methyl/N-ethyl adjacent to an activating group) is 1. The van der Waals surface area contributed by atoms with Gasteiger partial charge in [-0.15, -0.1) is 0 Å². The van der Waals surface area contributed by atoms with Gasteiger partial charge in [0.15, 0.2) is 0 Å². The lowest BCUT2D eigenvalue weighted by Crippen LogP contribution is -2.55. The van der Waals surface area contributed by atoms with E-state index >= 15 is 0 Å². The number of nitrogens with zero attached hydrogens (tertiary/aromatic N) is 1. The second kappa shape index (κ2) is 8.10. The van der Waals surface area contributed by atoms with Gasteiger partial charge >= 0.3 is 5.97 Å². The van der Waals surface area contributed by atoms with Crippen molar-refractivity contribution in [2.45, 2.75) is 64.4 Å². The van der Waals surface area contributed by atoms with Gasteiger partial charge in [0.2, 0.25) is 0 Å². The van der Waals surface area contributed by atoms with E-state index in [2.05, 4.69) is 19.9 Å². The lowest BCUT2D eigenvalue weighted by molar-refractivity contribution is -0.145. The topological polar surface area (TPSA) is 70.0 Å². The fourth-order valence-electron chi connectivity index (χ4n) is 5.92. The SMILES string of the molecule is C[C@@H]1CCC=C2C[C@H]3OC(=O)[C@@H](CN(C)[C@@H](C)[C@@H](O)c4ccccc4)[C@@H]3[C@H](O)[C@@]21C. The largest absolute Gasteiger partial charge is 0.461 e. The minimum Gasteiger partial charge on any atom is -0.461 e. The Bertz CT molecular complexity index is 809. The summed E-state index contributed by atoms with van der Waals surface area (Å²) in [5.74, 6) is -0.425. The van der Waals surface area contributed by atoms with Crippen molar-refractivity contribution < 1.29 is 19.7 Å². The smallest absolute Gasteiger partial charge is 0.311 e. The molecule has 2 fully saturated rings. The number of hydrogen-bond donors (Lipinski definition) is 2. The Balaban J connectivity index is 1.52. The molecule has 0 unspecified atom stereocenters. The Morgan fingerprint density at radius 1 is 1.30 bits per heavy atom. The van der Waals surface area contributed by atoms with E-state index in [0.29, 0.717) is 12.5 Å². The molecule has 0 aromatic heterocycles. The van der Waals surface area contributed by atoms with Crippen LogP contribution in [0, 0.1) is 23.2 Å². The lowest BCUT2D eigenvalue weighted by atomic mass is 9.55. The summed E-state index contributed by atoms with van der Waals surface area (Å²) < 4.78 is 5.77. The highest BCUT2D eigenvalue weighted by Crippen LogP contribution is 2.56. The number of hydrogen-bond acceptors (Lipinski definition) is 5. The number of rotatable bonds is 5. The molecule has 3 aliphatic rings. The van der Waals surface area contributed by atoms with Gasteiger partial charge in [0.05, 0.1) is 18.1 Å². The van der Waals surface area contributed by atoms with Crippen LogP contribution in [-0.4, -0.2) is 52.9 Å². The maximum absolute atomic E-state index is 12.8. The summed E-state index contributed by atoms with van der Waals surface area (Å²) in [7, 11) is 1.93. The molecule has 5 nitrogen and oxygen atoms in total. The third-order valence-corrected chi connectivity index (χ3v) is 8.35. The highest BCUT2D eigenvalue weighted by Gasteiger charge is 2.59. The van der Waals surface area contributed by atoms with Gasteiger partial charge in [-0.05, 0) is 38.3 Å². The molecule has 30 heavy (non-hydrogen) atoms. The van der Waals surface area contributed by atoms with Crippen molar-refractivity contribution in [2.24, 2.45) is 23.2 Å². The number of fused-ring (bicyclic) bond motifs is 2. The van der Waals surface area contributed by atoms with Gasteiger partial charge in [-0.1, -0.05) is 55.8 Å². The summed E-state index contributed by atoms with van der Waals surface area (Å²) in [4.78, 5) is 14.9. The molecule has 2 N–H and O–H groups in total. The van der Waals surface area contributed by atoms with E-state index in [0.717, 1.165) is 24.8 Å². The first-order valence-electron chi connectivity index (χ1n) is 11.3. The fourth-order valence-corrected chi connectivity index (χ4v) is 5.92. The molecule has 1 saturated heterocycles. The van der Waals surface area contributed by atoms with Crippen LogP contribution in [0.2, 0.25) is 0 Å². The number of carbonyl (C=O) groups is 1. The van der Waals surface area contributed by atoms with Gasteiger partial charge < -0.3 is 14.9 Å². The summed E-state index contributed by atoms with van der Waals surface area (Å²) in [5, 5.41) is 22.3. The fraction of sp³-hybridized carbons (Fsp3) is 0.640. The highest BCUT2D eigenvalue weighted by atomic mass is 16.6. The van der Waals surface area contributed by atoms with Crippen molar-refractivity contribution in [1.82, 2.24) is 4.90 Å². The van der Waals surface area contributed by atoms with Gasteiger partial charge in [0, 0.05) is 30.3 Å². The first kappa shape index (κ1) is 21.5. The molecule has 1 aromatic carbocycles.